The molecule has 0 heterocycles. The van der Waals surface area contributed by atoms with Gasteiger partial charge in [0.2, 0.25) is 0 Å². The molecule has 0 rings (SSSR count). The molecule has 0 bridgehead atoms. The molecule has 2 unspecified atom stereocenters. The molecule has 0 aliphatic rings. The van der Waals surface area contributed by atoms with Crippen molar-refractivity contribution < 1.29 is 0 Å². The SMILES string of the molecule is CCC(C)C(C)(CC)CCNC. The average molecular weight is 171 g/mol. The first-order valence-electron chi connectivity index (χ1n) is 5.25. The van der Waals surface area contributed by atoms with Crippen LogP contribution in [0.25, 0.3) is 0 Å². The van der Waals surface area contributed by atoms with E-state index >= 15 is 0 Å². The van der Waals surface area contributed by atoms with Gasteiger partial charge in [-0.25, -0.2) is 0 Å². The highest BCUT2D eigenvalue weighted by atomic mass is 14.8. The first-order valence-corrected chi connectivity index (χ1v) is 5.25. The third-order valence-electron chi connectivity index (χ3n) is 3.56. The van der Waals surface area contributed by atoms with Gasteiger partial charge in [0.1, 0.15) is 0 Å². The number of nitrogens with one attached hydrogen (secondary N) is 1. The van der Waals surface area contributed by atoms with E-state index in [0.29, 0.717) is 5.41 Å². The Morgan fingerprint density at radius 2 is 1.92 bits per heavy atom. The molecular weight excluding hydrogens is 146 g/mol. The third kappa shape index (κ3) is 3.14. The Balaban J connectivity index is 4.03. The Morgan fingerprint density at radius 1 is 1.33 bits per heavy atom. The molecule has 1 N–H and O–H groups in total. The second-order valence-corrected chi connectivity index (χ2v) is 4.17. The zero-order valence-corrected chi connectivity index (χ0v) is 9.41. The maximum atomic E-state index is 3.24. The van der Waals surface area contributed by atoms with E-state index < -0.39 is 0 Å². The summed E-state index contributed by atoms with van der Waals surface area (Å²) in [4.78, 5) is 0. The maximum absolute atomic E-state index is 3.24. The van der Waals surface area contributed by atoms with Crippen LogP contribution < -0.4 is 5.32 Å². The first kappa shape index (κ1) is 12.0. The highest BCUT2D eigenvalue weighted by Crippen LogP contribution is 2.36. The molecule has 0 aromatic carbocycles. The predicted molar refractivity (Wildman–Crippen MR) is 56.4 cm³/mol. The van der Waals surface area contributed by atoms with E-state index in [4.69, 9.17) is 0 Å². The highest BCUT2D eigenvalue weighted by molar-refractivity contribution is 4.78. The lowest BCUT2D eigenvalue weighted by Crippen LogP contribution is -2.28. The average Bonchev–Trinajstić information content (AvgIpc) is 2.12. The fourth-order valence-electron chi connectivity index (χ4n) is 1.67. The molecular formula is C11H25N. The molecule has 0 saturated carbocycles. The summed E-state index contributed by atoms with van der Waals surface area (Å²) in [5.41, 5.74) is 0.539. The van der Waals surface area contributed by atoms with Crippen LogP contribution in [0.15, 0.2) is 0 Å². The normalized spacial score (nSPS) is 18.8. The summed E-state index contributed by atoms with van der Waals surface area (Å²) in [6.07, 6.45) is 3.90. The van der Waals surface area contributed by atoms with Gasteiger partial charge in [0.25, 0.3) is 0 Å². The van der Waals surface area contributed by atoms with Crippen molar-refractivity contribution in [3.05, 3.63) is 0 Å². The largest absolute Gasteiger partial charge is 0.320 e. The fraction of sp³-hybridized carbons (Fsp3) is 1.00. The van der Waals surface area contributed by atoms with E-state index in [-0.39, 0.29) is 0 Å². The van der Waals surface area contributed by atoms with E-state index in [1.165, 1.54) is 19.3 Å². The second-order valence-electron chi connectivity index (χ2n) is 4.17. The van der Waals surface area contributed by atoms with Gasteiger partial charge in [-0.15, -0.1) is 0 Å². The number of hydrogen-bond donors (Lipinski definition) is 1. The zero-order chi connectivity index (χ0) is 9.61. The van der Waals surface area contributed by atoms with Crippen LogP contribution >= 0.6 is 0 Å². The van der Waals surface area contributed by atoms with Crippen LogP contribution in [0.4, 0.5) is 0 Å². The van der Waals surface area contributed by atoms with E-state index in [1.807, 2.05) is 7.05 Å². The molecule has 0 saturated heterocycles. The van der Waals surface area contributed by atoms with Gasteiger partial charge in [-0.05, 0) is 31.3 Å². The molecule has 0 aromatic rings. The predicted octanol–water partition coefficient (Wildman–Crippen LogP) is 3.06. The van der Waals surface area contributed by atoms with Crippen LogP contribution in [0.1, 0.15) is 47.0 Å². The lowest BCUT2D eigenvalue weighted by molar-refractivity contribution is 0.170. The summed E-state index contributed by atoms with van der Waals surface area (Å²) in [6, 6.07) is 0. The summed E-state index contributed by atoms with van der Waals surface area (Å²) >= 11 is 0. The molecule has 0 radical (unpaired) electrons. The highest BCUT2D eigenvalue weighted by Gasteiger charge is 2.26. The molecule has 12 heavy (non-hydrogen) atoms. The molecule has 0 fully saturated rings. The van der Waals surface area contributed by atoms with Crippen LogP contribution in [0.2, 0.25) is 0 Å². The number of hydrogen-bond acceptors (Lipinski definition) is 1. The summed E-state index contributed by atoms with van der Waals surface area (Å²) in [7, 11) is 2.03. The maximum Gasteiger partial charge on any atom is -0.00466 e. The third-order valence-corrected chi connectivity index (χ3v) is 3.56. The molecule has 2 atom stereocenters. The van der Waals surface area contributed by atoms with Gasteiger partial charge in [-0.2, -0.15) is 0 Å². The molecule has 0 aromatic heterocycles. The van der Waals surface area contributed by atoms with Gasteiger partial charge >= 0.3 is 0 Å². The molecule has 1 heteroatoms. The summed E-state index contributed by atoms with van der Waals surface area (Å²) < 4.78 is 0. The van der Waals surface area contributed by atoms with Gasteiger partial charge < -0.3 is 5.32 Å². The molecule has 0 spiro atoms. The molecule has 1 nitrogen and oxygen atoms in total. The van der Waals surface area contributed by atoms with E-state index in [1.54, 1.807) is 0 Å². The van der Waals surface area contributed by atoms with Gasteiger partial charge in [0.05, 0.1) is 0 Å². The quantitative estimate of drug-likeness (QED) is 0.647. The lowest BCUT2D eigenvalue weighted by atomic mass is 9.72. The fourth-order valence-corrected chi connectivity index (χ4v) is 1.67. The van der Waals surface area contributed by atoms with Crippen LogP contribution in [-0.2, 0) is 0 Å². The number of rotatable bonds is 6. The van der Waals surface area contributed by atoms with Gasteiger partial charge in [-0.1, -0.05) is 40.5 Å². The van der Waals surface area contributed by atoms with Crippen LogP contribution in [0.5, 0.6) is 0 Å². The second kappa shape index (κ2) is 5.58. The van der Waals surface area contributed by atoms with Crippen LogP contribution in [0, 0.1) is 11.3 Å². The van der Waals surface area contributed by atoms with Crippen molar-refractivity contribution in [3.63, 3.8) is 0 Å². The van der Waals surface area contributed by atoms with E-state index in [9.17, 15) is 0 Å². The van der Waals surface area contributed by atoms with Crippen molar-refractivity contribution in [3.8, 4) is 0 Å². The molecule has 74 valence electrons. The van der Waals surface area contributed by atoms with Crippen molar-refractivity contribution >= 4 is 0 Å². The molecule has 0 amide bonds. The Bertz CT molecular complexity index is 112. The summed E-state index contributed by atoms with van der Waals surface area (Å²) in [6.45, 7) is 10.5. The van der Waals surface area contributed by atoms with Crippen molar-refractivity contribution in [1.29, 1.82) is 0 Å². The first-order chi connectivity index (χ1) is 5.60. The lowest BCUT2D eigenvalue weighted by Gasteiger charge is -2.34. The monoisotopic (exact) mass is 171 g/mol. The van der Waals surface area contributed by atoms with E-state index in [0.717, 1.165) is 12.5 Å². The summed E-state index contributed by atoms with van der Waals surface area (Å²) in [5, 5.41) is 3.24. The Labute approximate surface area is 77.9 Å². The zero-order valence-electron chi connectivity index (χ0n) is 9.41. The minimum absolute atomic E-state index is 0.539. The van der Waals surface area contributed by atoms with Crippen molar-refractivity contribution in [1.82, 2.24) is 5.32 Å². The van der Waals surface area contributed by atoms with Gasteiger partial charge in [0.15, 0.2) is 0 Å². The minimum atomic E-state index is 0.539. The summed E-state index contributed by atoms with van der Waals surface area (Å²) in [5.74, 6) is 0.843. The van der Waals surface area contributed by atoms with Gasteiger partial charge in [0, 0.05) is 0 Å². The van der Waals surface area contributed by atoms with Gasteiger partial charge in [-0.3, -0.25) is 0 Å². The smallest absolute Gasteiger partial charge is 0.00466 e. The standard InChI is InChI=1S/C11H25N/c1-6-10(3)11(4,7-2)8-9-12-5/h10,12H,6-9H2,1-5H3. The topological polar surface area (TPSA) is 12.0 Å². The van der Waals surface area contributed by atoms with Crippen molar-refractivity contribution in [2.45, 2.75) is 47.0 Å². The minimum Gasteiger partial charge on any atom is -0.320 e. The Morgan fingerprint density at radius 3 is 2.25 bits per heavy atom. The Kier molecular flexibility index (Phi) is 5.56. The molecule has 0 aliphatic heterocycles. The van der Waals surface area contributed by atoms with Crippen molar-refractivity contribution in [2.75, 3.05) is 13.6 Å². The van der Waals surface area contributed by atoms with Crippen molar-refractivity contribution in [2.24, 2.45) is 11.3 Å². The molecule has 0 aliphatic carbocycles. The Hall–Kier alpha value is -0.0400. The van der Waals surface area contributed by atoms with Crippen LogP contribution in [-0.4, -0.2) is 13.6 Å². The van der Waals surface area contributed by atoms with Crippen LogP contribution in [0.3, 0.4) is 0 Å². The van der Waals surface area contributed by atoms with E-state index in [2.05, 4.69) is 33.0 Å².